The van der Waals surface area contributed by atoms with Crippen LogP contribution in [0.2, 0.25) is 10.0 Å². The first kappa shape index (κ1) is 25.0. The topological polar surface area (TPSA) is 55.6 Å². The number of anilines is 1. The van der Waals surface area contributed by atoms with Crippen LogP contribution in [0.1, 0.15) is 27.0 Å². The number of nitrogens with zero attached hydrogens (tertiary/aromatic N) is 1. The SMILES string of the molecule is Cc1cc(C)cc(COc2ccc(N(CCN)C(=O)c3ccc(Cl)cc3Cl)cc2)c1.Cl. The molecule has 3 rings (SSSR count). The number of halogens is 3. The predicted molar refractivity (Wildman–Crippen MR) is 131 cm³/mol. The number of carbonyl (C=O) groups is 1. The van der Waals surface area contributed by atoms with Crippen LogP contribution in [0.3, 0.4) is 0 Å². The van der Waals surface area contributed by atoms with Crippen molar-refractivity contribution in [2.24, 2.45) is 5.73 Å². The van der Waals surface area contributed by atoms with Crippen molar-refractivity contribution in [2.75, 3.05) is 18.0 Å². The normalized spacial score (nSPS) is 10.4. The standard InChI is InChI=1S/C24H24Cl2N2O2.ClH/c1-16-11-17(2)13-18(12-16)15-30-21-6-4-20(5-7-21)28(10-9-27)24(29)22-8-3-19(25)14-23(22)26;/h3-8,11-14H,9-10,15,27H2,1-2H3;1H. The summed E-state index contributed by atoms with van der Waals surface area (Å²) in [5.74, 6) is 0.494. The molecule has 164 valence electrons. The van der Waals surface area contributed by atoms with E-state index in [9.17, 15) is 4.79 Å². The van der Waals surface area contributed by atoms with Crippen LogP contribution in [0.15, 0.2) is 60.7 Å². The summed E-state index contributed by atoms with van der Waals surface area (Å²) in [6.45, 7) is 5.30. The molecule has 0 bridgehead atoms. The third kappa shape index (κ3) is 6.62. The summed E-state index contributed by atoms with van der Waals surface area (Å²) in [5.41, 5.74) is 10.4. The van der Waals surface area contributed by atoms with Gasteiger partial charge in [-0.05, 0) is 61.9 Å². The zero-order valence-electron chi connectivity index (χ0n) is 17.4. The Labute approximate surface area is 199 Å². The van der Waals surface area contributed by atoms with E-state index in [0.717, 1.165) is 17.0 Å². The van der Waals surface area contributed by atoms with Gasteiger partial charge in [0, 0.05) is 23.8 Å². The average Bonchev–Trinajstić information content (AvgIpc) is 2.70. The van der Waals surface area contributed by atoms with Crippen LogP contribution in [0.25, 0.3) is 0 Å². The fourth-order valence-corrected chi connectivity index (χ4v) is 3.82. The number of aryl methyl sites for hydroxylation is 2. The van der Waals surface area contributed by atoms with Crippen LogP contribution in [0.5, 0.6) is 5.75 Å². The van der Waals surface area contributed by atoms with Crippen molar-refractivity contribution in [3.8, 4) is 5.75 Å². The summed E-state index contributed by atoms with van der Waals surface area (Å²) in [7, 11) is 0. The zero-order chi connectivity index (χ0) is 21.7. The predicted octanol–water partition coefficient (Wildman–Crippen LogP) is 6.22. The molecule has 0 aliphatic rings. The molecule has 0 saturated heterocycles. The van der Waals surface area contributed by atoms with Gasteiger partial charge in [0.05, 0.1) is 10.6 Å². The largest absolute Gasteiger partial charge is 0.489 e. The molecule has 31 heavy (non-hydrogen) atoms. The van der Waals surface area contributed by atoms with Crippen molar-refractivity contribution in [1.82, 2.24) is 0 Å². The smallest absolute Gasteiger partial charge is 0.259 e. The maximum absolute atomic E-state index is 13.0. The van der Waals surface area contributed by atoms with Gasteiger partial charge in [0.25, 0.3) is 5.91 Å². The van der Waals surface area contributed by atoms with Gasteiger partial charge in [-0.15, -0.1) is 12.4 Å². The molecule has 0 radical (unpaired) electrons. The summed E-state index contributed by atoms with van der Waals surface area (Å²) >= 11 is 12.2. The fraction of sp³-hybridized carbons (Fsp3) is 0.208. The second-order valence-electron chi connectivity index (χ2n) is 7.15. The maximum atomic E-state index is 13.0. The van der Waals surface area contributed by atoms with Crippen LogP contribution in [0.4, 0.5) is 5.69 Å². The van der Waals surface area contributed by atoms with Crippen molar-refractivity contribution in [3.05, 3.63) is 93.0 Å². The van der Waals surface area contributed by atoms with E-state index in [-0.39, 0.29) is 18.3 Å². The van der Waals surface area contributed by atoms with Gasteiger partial charge in [-0.1, -0.05) is 52.5 Å². The van der Waals surface area contributed by atoms with Gasteiger partial charge >= 0.3 is 0 Å². The highest BCUT2D eigenvalue weighted by molar-refractivity contribution is 6.37. The molecule has 0 aliphatic heterocycles. The Morgan fingerprint density at radius 3 is 2.19 bits per heavy atom. The summed E-state index contributed by atoms with van der Waals surface area (Å²) in [4.78, 5) is 14.6. The van der Waals surface area contributed by atoms with E-state index in [1.807, 2.05) is 24.3 Å². The first-order chi connectivity index (χ1) is 14.4. The molecule has 0 fully saturated rings. The lowest BCUT2D eigenvalue weighted by Crippen LogP contribution is -2.35. The van der Waals surface area contributed by atoms with E-state index in [0.29, 0.717) is 35.3 Å². The molecule has 2 N–H and O–H groups in total. The molecular formula is C24H25Cl3N2O2. The molecule has 3 aromatic carbocycles. The number of ether oxygens (including phenoxy) is 1. The first-order valence-electron chi connectivity index (χ1n) is 9.64. The van der Waals surface area contributed by atoms with Crippen LogP contribution in [-0.4, -0.2) is 19.0 Å². The van der Waals surface area contributed by atoms with Gasteiger partial charge in [0.2, 0.25) is 0 Å². The minimum Gasteiger partial charge on any atom is -0.489 e. The first-order valence-corrected chi connectivity index (χ1v) is 10.4. The molecular weight excluding hydrogens is 455 g/mol. The monoisotopic (exact) mass is 478 g/mol. The van der Waals surface area contributed by atoms with Crippen LogP contribution in [-0.2, 0) is 6.61 Å². The molecule has 7 heteroatoms. The lowest BCUT2D eigenvalue weighted by atomic mass is 10.1. The second-order valence-corrected chi connectivity index (χ2v) is 7.99. The fourth-order valence-electron chi connectivity index (χ4n) is 3.33. The van der Waals surface area contributed by atoms with Gasteiger partial charge < -0.3 is 15.4 Å². The van der Waals surface area contributed by atoms with Crippen molar-refractivity contribution in [3.63, 3.8) is 0 Å². The third-order valence-corrected chi connectivity index (χ3v) is 5.14. The van der Waals surface area contributed by atoms with E-state index in [1.54, 1.807) is 23.1 Å². The molecule has 0 heterocycles. The van der Waals surface area contributed by atoms with E-state index in [2.05, 4.69) is 32.0 Å². The molecule has 0 spiro atoms. The lowest BCUT2D eigenvalue weighted by molar-refractivity contribution is 0.0987. The Morgan fingerprint density at radius 1 is 0.968 bits per heavy atom. The Morgan fingerprint density at radius 2 is 1.61 bits per heavy atom. The molecule has 0 unspecified atom stereocenters. The molecule has 4 nitrogen and oxygen atoms in total. The quantitative estimate of drug-likeness (QED) is 0.438. The van der Waals surface area contributed by atoms with Crippen LogP contribution >= 0.6 is 35.6 Å². The highest BCUT2D eigenvalue weighted by atomic mass is 35.5. The number of benzene rings is 3. The molecule has 0 saturated carbocycles. The van der Waals surface area contributed by atoms with Gasteiger partial charge in [0.15, 0.2) is 0 Å². The minimum atomic E-state index is -0.231. The number of amides is 1. The van der Waals surface area contributed by atoms with E-state index < -0.39 is 0 Å². The Bertz CT molecular complexity index is 1020. The number of carbonyl (C=O) groups excluding carboxylic acids is 1. The highest BCUT2D eigenvalue weighted by Crippen LogP contribution is 2.26. The molecule has 1 amide bonds. The minimum absolute atomic E-state index is 0. The van der Waals surface area contributed by atoms with E-state index in [4.69, 9.17) is 33.7 Å². The Kier molecular flexibility index (Phi) is 9.20. The van der Waals surface area contributed by atoms with Gasteiger partial charge in [-0.3, -0.25) is 4.79 Å². The van der Waals surface area contributed by atoms with Crippen LogP contribution < -0.4 is 15.4 Å². The van der Waals surface area contributed by atoms with Crippen LogP contribution in [0, 0.1) is 13.8 Å². The summed E-state index contributed by atoms with van der Waals surface area (Å²) in [6, 6.07) is 18.6. The van der Waals surface area contributed by atoms with Crippen molar-refractivity contribution >= 4 is 47.2 Å². The van der Waals surface area contributed by atoms with E-state index in [1.165, 1.54) is 11.1 Å². The van der Waals surface area contributed by atoms with Gasteiger partial charge in [-0.2, -0.15) is 0 Å². The molecule has 0 aliphatic carbocycles. The second kappa shape index (κ2) is 11.4. The maximum Gasteiger partial charge on any atom is 0.259 e. The van der Waals surface area contributed by atoms with Crippen molar-refractivity contribution < 1.29 is 9.53 Å². The summed E-state index contributed by atoms with van der Waals surface area (Å²) in [5, 5.41) is 0.787. The van der Waals surface area contributed by atoms with E-state index >= 15 is 0 Å². The molecule has 0 atom stereocenters. The van der Waals surface area contributed by atoms with Gasteiger partial charge in [-0.25, -0.2) is 0 Å². The lowest BCUT2D eigenvalue weighted by Gasteiger charge is -2.23. The summed E-state index contributed by atoms with van der Waals surface area (Å²) < 4.78 is 5.91. The Balaban J connectivity index is 0.00000341. The number of rotatable bonds is 7. The Hall–Kier alpha value is -2.24. The summed E-state index contributed by atoms with van der Waals surface area (Å²) in [6.07, 6.45) is 0. The van der Waals surface area contributed by atoms with Gasteiger partial charge in [0.1, 0.15) is 12.4 Å². The number of hydrogen-bond donors (Lipinski definition) is 1. The number of hydrogen-bond acceptors (Lipinski definition) is 3. The zero-order valence-corrected chi connectivity index (χ0v) is 19.7. The molecule has 3 aromatic rings. The van der Waals surface area contributed by atoms with Crippen molar-refractivity contribution in [2.45, 2.75) is 20.5 Å². The highest BCUT2D eigenvalue weighted by Gasteiger charge is 2.20. The number of nitrogens with two attached hydrogens (primary N) is 1. The van der Waals surface area contributed by atoms with Crippen molar-refractivity contribution in [1.29, 1.82) is 0 Å². The average molecular weight is 480 g/mol. The molecule has 0 aromatic heterocycles. The third-order valence-electron chi connectivity index (χ3n) is 4.59.